The molecule has 0 unspecified atom stereocenters. The van der Waals surface area contributed by atoms with Crippen molar-refractivity contribution in [3.05, 3.63) is 58.1 Å². The molecule has 2 N–H and O–H groups in total. The lowest BCUT2D eigenvalue weighted by Gasteiger charge is -2.15. The van der Waals surface area contributed by atoms with Crippen LogP contribution in [0.15, 0.2) is 47.4 Å². The van der Waals surface area contributed by atoms with Crippen LogP contribution in [-0.2, 0) is 19.6 Å². The molecule has 1 atom stereocenters. The van der Waals surface area contributed by atoms with Gasteiger partial charge < -0.3 is 10.1 Å². The quantitative estimate of drug-likeness (QED) is 0.685. The number of nitrogens with one attached hydrogen (secondary N) is 2. The molecule has 0 saturated carbocycles. The third kappa shape index (κ3) is 5.20. The van der Waals surface area contributed by atoms with E-state index in [-0.39, 0.29) is 26.2 Å². The highest BCUT2D eigenvalue weighted by Gasteiger charge is 2.21. The molecule has 2 aromatic rings. The Balaban J connectivity index is 2.10. The molecule has 1 amide bonds. The average Bonchev–Trinajstić information content (AvgIpc) is 2.65. The van der Waals surface area contributed by atoms with Crippen molar-refractivity contribution in [1.29, 1.82) is 0 Å². The third-order valence-corrected chi connectivity index (χ3v) is 5.74. The number of carbonyl (C=O) groups is 2. The third-order valence-electron chi connectivity index (χ3n) is 3.51. The highest BCUT2D eigenvalue weighted by Crippen LogP contribution is 2.29. The van der Waals surface area contributed by atoms with Crippen LogP contribution >= 0.6 is 23.2 Å². The Kier molecular flexibility index (Phi) is 6.83. The van der Waals surface area contributed by atoms with E-state index in [9.17, 15) is 18.0 Å². The van der Waals surface area contributed by atoms with E-state index in [0.29, 0.717) is 0 Å². The fourth-order valence-electron chi connectivity index (χ4n) is 2.02. The molecule has 0 heterocycles. The summed E-state index contributed by atoms with van der Waals surface area (Å²) in [6.07, 6.45) is -1.16. The number of amides is 1. The first-order valence-corrected chi connectivity index (χ1v) is 9.89. The summed E-state index contributed by atoms with van der Waals surface area (Å²) in [6, 6.07) is 10.00. The molecule has 0 saturated heterocycles. The van der Waals surface area contributed by atoms with E-state index in [1.807, 2.05) is 0 Å². The maximum Gasteiger partial charge on any atom is 0.338 e. The molecule has 0 spiro atoms. The molecule has 0 fully saturated rings. The van der Waals surface area contributed by atoms with Crippen LogP contribution in [0.2, 0.25) is 10.0 Å². The van der Waals surface area contributed by atoms with Crippen LogP contribution in [0, 0.1) is 0 Å². The molecule has 10 heteroatoms. The minimum absolute atomic E-state index is 0.00763. The van der Waals surface area contributed by atoms with E-state index >= 15 is 0 Å². The monoisotopic (exact) mass is 430 g/mol. The Bertz CT molecular complexity index is 979. The molecular weight excluding hydrogens is 415 g/mol. The molecule has 0 aliphatic rings. The number of ether oxygens (including phenoxy) is 1. The number of benzene rings is 2. The lowest BCUT2D eigenvalue weighted by molar-refractivity contribution is -0.123. The van der Waals surface area contributed by atoms with Crippen LogP contribution in [0.4, 0.5) is 5.69 Å². The van der Waals surface area contributed by atoms with E-state index in [1.165, 1.54) is 32.2 Å². The zero-order chi connectivity index (χ0) is 20.2. The van der Waals surface area contributed by atoms with Gasteiger partial charge in [-0.1, -0.05) is 35.3 Å². The standard InChI is InChI=1S/C17H16Cl2N2O5S/c1-10(16(22)21-14-8-4-7-13(18)15(14)19)26-17(23)11-5-3-6-12(9-11)27(24,25)20-2/h3-10,20H,1-2H3,(H,21,22)/t10-/m1/s1. The summed E-state index contributed by atoms with van der Waals surface area (Å²) < 4.78 is 30.9. The number of sulfonamides is 1. The smallest absolute Gasteiger partial charge is 0.338 e. The number of halogens is 2. The zero-order valence-corrected chi connectivity index (χ0v) is 16.7. The average molecular weight is 431 g/mol. The fraction of sp³-hybridized carbons (Fsp3) is 0.176. The van der Waals surface area contributed by atoms with Gasteiger partial charge in [0.25, 0.3) is 5.91 Å². The van der Waals surface area contributed by atoms with Crippen LogP contribution in [0.1, 0.15) is 17.3 Å². The lowest BCUT2D eigenvalue weighted by atomic mass is 10.2. The summed E-state index contributed by atoms with van der Waals surface area (Å²) in [5.74, 6) is -1.46. The van der Waals surface area contributed by atoms with Crippen molar-refractivity contribution >= 4 is 50.8 Å². The second-order valence-electron chi connectivity index (χ2n) is 5.37. The van der Waals surface area contributed by atoms with Gasteiger partial charge in [-0.3, -0.25) is 4.79 Å². The number of hydrogen-bond donors (Lipinski definition) is 2. The Labute approximate surface area is 166 Å². The first-order valence-electron chi connectivity index (χ1n) is 7.65. The highest BCUT2D eigenvalue weighted by molar-refractivity contribution is 7.89. The van der Waals surface area contributed by atoms with Gasteiger partial charge in [0.1, 0.15) is 0 Å². The van der Waals surface area contributed by atoms with Crippen LogP contribution in [0.5, 0.6) is 0 Å². The first-order chi connectivity index (χ1) is 12.7. The largest absolute Gasteiger partial charge is 0.449 e. The van der Waals surface area contributed by atoms with Crippen molar-refractivity contribution in [1.82, 2.24) is 4.72 Å². The van der Waals surface area contributed by atoms with E-state index in [1.54, 1.807) is 18.2 Å². The van der Waals surface area contributed by atoms with E-state index in [4.69, 9.17) is 27.9 Å². The summed E-state index contributed by atoms with van der Waals surface area (Å²) in [5.41, 5.74) is 0.269. The van der Waals surface area contributed by atoms with Gasteiger partial charge >= 0.3 is 5.97 Å². The van der Waals surface area contributed by atoms with Crippen LogP contribution < -0.4 is 10.0 Å². The maximum atomic E-state index is 12.2. The van der Waals surface area contributed by atoms with Gasteiger partial charge in [-0.05, 0) is 44.3 Å². The summed E-state index contributed by atoms with van der Waals surface area (Å²) >= 11 is 11.9. The molecule has 144 valence electrons. The van der Waals surface area contributed by atoms with Gasteiger partial charge in [0, 0.05) is 0 Å². The van der Waals surface area contributed by atoms with Crippen molar-refractivity contribution in [3.8, 4) is 0 Å². The van der Waals surface area contributed by atoms with E-state index in [0.717, 1.165) is 6.07 Å². The maximum absolute atomic E-state index is 12.2. The SMILES string of the molecule is CNS(=O)(=O)c1cccc(C(=O)O[C@H](C)C(=O)Nc2cccc(Cl)c2Cl)c1. The second-order valence-corrected chi connectivity index (χ2v) is 8.05. The molecule has 0 aliphatic carbocycles. The van der Waals surface area contributed by atoms with Crippen LogP contribution in [0.3, 0.4) is 0 Å². The second kappa shape index (κ2) is 8.71. The molecular formula is C17H16Cl2N2O5S. The first kappa shape index (κ1) is 21.2. The molecule has 2 rings (SSSR count). The van der Waals surface area contributed by atoms with Crippen molar-refractivity contribution in [2.45, 2.75) is 17.9 Å². The van der Waals surface area contributed by atoms with Gasteiger partial charge in [0.15, 0.2) is 6.10 Å². The van der Waals surface area contributed by atoms with Crippen molar-refractivity contribution in [3.63, 3.8) is 0 Å². The molecule has 2 aromatic carbocycles. The highest BCUT2D eigenvalue weighted by atomic mass is 35.5. The van der Waals surface area contributed by atoms with Crippen molar-refractivity contribution in [2.24, 2.45) is 0 Å². The topological polar surface area (TPSA) is 102 Å². The fourth-order valence-corrected chi connectivity index (χ4v) is 3.15. The summed E-state index contributed by atoms with van der Waals surface area (Å²) in [4.78, 5) is 24.4. The zero-order valence-electron chi connectivity index (χ0n) is 14.3. The molecule has 0 bridgehead atoms. The van der Waals surface area contributed by atoms with Gasteiger partial charge in [0.05, 0.1) is 26.2 Å². The predicted octanol–water partition coefficient (Wildman–Crippen LogP) is 3.09. The van der Waals surface area contributed by atoms with Crippen molar-refractivity contribution in [2.75, 3.05) is 12.4 Å². The van der Waals surface area contributed by atoms with Gasteiger partial charge in [-0.2, -0.15) is 0 Å². The molecule has 0 aliphatic heterocycles. The Morgan fingerprint density at radius 3 is 2.44 bits per heavy atom. The number of carbonyl (C=O) groups excluding carboxylic acids is 2. The number of rotatable bonds is 6. The lowest BCUT2D eigenvalue weighted by Crippen LogP contribution is -2.30. The normalized spacial score (nSPS) is 12.3. The van der Waals surface area contributed by atoms with Gasteiger partial charge in [-0.15, -0.1) is 0 Å². The summed E-state index contributed by atoms with van der Waals surface area (Å²) in [7, 11) is -2.46. The number of hydrogen-bond acceptors (Lipinski definition) is 5. The molecule has 7 nitrogen and oxygen atoms in total. The summed E-state index contributed by atoms with van der Waals surface area (Å²) in [6.45, 7) is 1.37. The van der Waals surface area contributed by atoms with Crippen molar-refractivity contribution < 1.29 is 22.7 Å². The molecule has 0 aromatic heterocycles. The predicted molar refractivity (Wildman–Crippen MR) is 103 cm³/mol. The number of anilines is 1. The van der Waals surface area contributed by atoms with Crippen LogP contribution in [0.25, 0.3) is 0 Å². The molecule has 0 radical (unpaired) electrons. The Hall–Kier alpha value is -2.13. The minimum Gasteiger partial charge on any atom is -0.449 e. The Morgan fingerprint density at radius 1 is 1.11 bits per heavy atom. The number of esters is 1. The van der Waals surface area contributed by atoms with E-state index in [2.05, 4.69) is 10.0 Å². The van der Waals surface area contributed by atoms with E-state index < -0.39 is 28.0 Å². The van der Waals surface area contributed by atoms with Crippen LogP contribution in [-0.4, -0.2) is 33.4 Å². The van der Waals surface area contributed by atoms with Gasteiger partial charge in [-0.25, -0.2) is 17.9 Å². The molecule has 27 heavy (non-hydrogen) atoms. The minimum atomic E-state index is -3.71. The van der Waals surface area contributed by atoms with Gasteiger partial charge in [0.2, 0.25) is 10.0 Å². The summed E-state index contributed by atoms with van der Waals surface area (Å²) in [5, 5.41) is 2.94. The Morgan fingerprint density at radius 2 is 1.78 bits per heavy atom.